The molecule has 0 bridgehead atoms. The van der Waals surface area contributed by atoms with Gasteiger partial charge in [0, 0.05) is 35.4 Å². The largest absolute Gasteiger partial charge is 0.369 e. The number of carbonyl (C=O) groups excluding carboxylic acids is 1. The Morgan fingerprint density at radius 1 is 1.48 bits per heavy atom. The maximum absolute atomic E-state index is 11.5. The standard InChI is InChI=1S/C16H24ClN3O/c1-3-19-9-13-14(17)5-4-6-15(13)20-10-12(16(18)21)8-7-11(20)2/h4-6,11-12,19H,3,7-10H2,1-2H3,(H2,18,21). The first-order valence-electron chi connectivity index (χ1n) is 7.58. The van der Waals surface area contributed by atoms with E-state index in [4.69, 9.17) is 17.3 Å². The molecule has 0 saturated carbocycles. The van der Waals surface area contributed by atoms with Gasteiger partial charge in [-0.15, -0.1) is 0 Å². The van der Waals surface area contributed by atoms with Crippen LogP contribution in [0.4, 0.5) is 5.69 Å². The fourth-order valence-corrected chi connectivity index (χ4v) is 3.15. The lowest BCUT2D eigenvalue weighted by atomic mass is 9.92. The van der Waals surface area contributed by atoms with Crippen LogP contribution in [-0.4, -0.2) is 25.0 Å². The molecule has 21 heavy (non-hydrogen) atoms. The molecule has 1 heterocycles. The minimum atomic E-state index is -0.206. The van der Waals surface area contributed by atoms with Crippen LogP contribution in [0.1, 0.15) is 32.3 Å². The lowest BCUT2D eigenvalue weighted by Gasteiger charge is -2.39. The molecule has 1 aliphatic heterocycles. The maximum atomic E-state index is 11.5. The number of benzene rings is 1. The number of piperidine rings is 1. The summed E-state index contributed by atoms with van der Waals surface area (Å²) >= 11 is 6.37. The molecule has 5 heteroatoms. The molecule has 3 N–H and O–H groups in total. The van der Waals surface area contributed by atoms with Crippen LogP contribution < -0.4 is 16.0 Å². The summed E-state index contributed by atoms with van der Waals surface area (Å²) in [5.41, 5.74) is 7.71. The summed E-state index contributed by atoms with van der Waals surface area (Å²) < 4.78 is 0. The average Bonchev–Trinajstić information content (AvgIpc) is 2.46. The summed E-state index contributed by atoms with van der Waals surface area (Å²) in [7, 11) is 0. The normalized spacial score (nSPS) is 22.3. The van der Waals surface area contributed by atoms with Crippen LogP contribution in [0.25, 0.3) is 0 Å². The van der Waals surface area contributed by atoms with Crippen LogP contribution in [0.5, 0.6) is 0 Å². The van der Waals surface area contributed by atoms with E-state index in [-0.39, 0.29) is 11.8 Å². The Bertz CT molecular complexity index is 506. The number of halogens is 1. The number of hydrogen-bond donors (Lipinski definition) is 2. The third-order valence-electron chi connectivity index (χ3n) is 4.24. The highest BCUT2D eigenvalue weighted by atomic mass is 35.5. The van der Waals surface area contributed by atoms with E-state index in [1.54, 1.807) is 0 Å². The lowest BCUT2D eigenvalue weighted by molar-refractivity contribution is -0.122. The van der Waals surface area contributed by atoms with E-state index in [0.717, 1.165) is 42.2 Å². The Hall–Kier alpha value is -1.26. The van der Waals surface area contributed by atoms with Crippen molar-refractivity contribution in [3.63, 3.8) is 0 Å². The first kappa shape index (κ1) is 16.1. The number of nitrogens with zero attached hydrogens (tertiary/aromatic N) is 1. The van der Waals surface area contributed by atoms with Crippen LogP contribution in [0.15, 0.2) is 18.2 Å². The topological polar surface area (TPSA) is 58.4 Å². The van der Waals surface area contributed by atoms with Gasteiger partial charge in [0.15, 0.2) is 0 Å². The molecule has 0 aliphatic carbocycles. The van der Waals surface area contributed by atoms with Crippen molar-refractivity contribution in [2.75, 3.05) is 18.0 Å². The Kier molecular flexibility index (Phi) is 5.48. The zero-order valence-corrected chi connectivity index (χ0v) is 13.5. The average molecular weight is 310 g/mol. The van der Waals surface area contributed by atoms with Gasteiger partial charge in [-0.1, -0.05) is 24.6 Å². The third kappa shape index (κ3) is 3.69. The molecule has 1 fully saturated rings. The minimum Gasteiger partial charge on any atom is -0.369 e. The van der Waals surface area contributed by atoms with Crippen LogP contribution in [-0.2, 0) is 11.3 Å². The van der Waals surface area contributed by atoms with Crippen molar-refractivity contribution in [3.8, 4) is 0 Å². The summed E-state index contributed by atoms with van der Waals surface area (Å²) in [5, 5.41) is 4.10. The second-order valence-electron chi connectivity index (χ2n) is 5.70. The fraction of sp³-hybridized carbons (Fsp3) is 0.562. The minimum absolute atomic E-state index is 0.0767. The van der Waals surface area contributed by atoms with Gasteiger partial charge in [-0.25, -0.2) is 0 Å². The van der Waals surface area contributed by atoms with Gasteiger partial charge in [0.05, 0.1) is 5.92 Å². The SMILES string of the molecule is CCNCc1c(Cl)cccc1N1CC(C(N)=O)CCC1C. The molecule has 1 saturated heterocycles. The number of rotatable bonds is 5. The molecule has 2 rings (SSSR count). The zero-order valence-electron chi connectivity index (χ0n) is 12.7. The van der Waals surface area contributed by atoms with Gasteiger partial charge in [0.2, 0.25) is 5.91 Å². The zero-order chi connectivity index (χ0) is 15.4. The molecule has 116 valence electrons. The summed E-state index contributed by atoms with van der Waals surface area (Å²) in [4.78, 5) is 13.8. The van der Waals surface area contributed by atoms with Crippen molar-refractivity contribution in [1.82, 2.24) is 5.32 Å². The van der Waals surface area contributed by atoms with Crippen LogP contribution >= 0.6 is 11.6 Å². The molecule has 2 unspecified atom stereocenters. The number of nitrogens with two attached hydrogens (primary N) is 1. The second kappa shape index (κ2) is 7.14. The van der Waals surface area contributed by atoms with E-state index in [1.807, 2.05) is 12.1 Å². The lowest BCUT2D eigenvalue weighted by Crippen LogP contribution is -2.46. The molecule has 1 aromatic carbocycles. The first-order valence-corrected chi connectivity index (χ1v) is 7.96. The molecule has 2 atom stereocenters. The number of amides is 1. The van der Waals surface area contributed by atoms with E-state index in [1.165, 1.54) is 0 Å². The van der Waals surface area contributed by atoms with Gasteiger partial charge in [0.25, 0.3) is 0 Å². The Labute approximate surface area is 131 Å². The molecule has 0 spiro atoms. The maximum Gasteiger partial charge on any atom is 0.222 e. The van der Waals surface area contributed by atoms with E-state index >= 15 is 0 Å². The molecule has 1 aromatic rings. The molecule has 0 radical (unpaired) electrons. The highest BCUT2D eigenvalue weighted by Gasteiger charge is 2.30. The highest BCUT2D eigenvalue weighted by molar-refractivity contribution is 6.31. The Morgan fingerprint density at radius 2 is 2.24 bits per heavy atom. The number of anilines is 1. The van der Waals surface area contributed by atoms with Gasteiger partial charge in [-0.05, 0) is 38.4 Å². The van der Waals surface area contributed by atoms with Gasteiger partial charge < -0.3 is 16.0 Å². The summed E-state index contributed by atoms with van der Waals surface area (Å²) in [5.74, 6) is -0.283. The van der Waals surface area contributed by atoms with Crippen LogP contribution in [0.2, 0.25) is 5.02 Å². The van der Waals surface area contributed by atoms with E-state index < -0.39 is 0 Å². The van der Waals surface area contributed by atoms with E-state index in [0.29, 0.717) is 12.6 Å². The summed E-state index contributed by atoms with van der Waals surface area (Å²) in [6, 6.07) is 6.35. The highest BCUT2D eigenvalue weighted by Crippen LogP contribution is 2.33. The Morgan fingerprint density at radius 3 is 2.90 bits per heavy atom. The fourth-order valence-electron chi connectivity index (χ4n) is 2.92. The smallest absolute Gasteiger partial charge is 0.222 e. The van der Waals surface area contributed by atoms with Crippen molar-refractivity contribution < 1.29 is 4.79 Å². The molecular weight excluding hydrogens is 286 g/mol. The van der Waals surface area contributed by atoms with Crippen molar-refractivity contribution in [2.45, 2.75) is 39.3 Å². The third-order valence-corrected chi connectivity index (χ3v) is 4.59. The van der Waals surface area contributed by atoms with Crippen molar-refractivity contribution >= 4 is 23.2 Å². The first-order chi connectivity index (χ1) is 10.0. The predicted octanol–water partition coefficient (Wildman–Crippen LogP) is 2.54. The van der Waals surface area contributed by atoms with Crippen molar-refractivity contribution in [1.29, 1.82) is 0 Å². The quantitative estimate of drug-likeness (QED) is 0.879. The van der Waals surface area contributed by atoms with Gasteiger partial charge in [-0.2, -0.15) is 0 Å². The van der Waals surface area contributed by atoms with Crippen LogP contribution in [0.3, 0.4) is 0 Å². The van der Waals surface area contributed by atoms with Crippen molar-refractivity contribution in [3.05, 3.63) is 28.8 Å². The number of carbonyl (C=O) groups is 1. The van der Waals surface area contributed by atoms with Crippen molar-refractivity contribution in [2.24, 2.45) is 11.7 Å². The van der Waals surface area contributed by atoms with Crippen LogP contribution in [0, 0.1) is 5.92 Å². The monoisotopic (exact) mass is 309 g/mol. The molecule has 0 aromatic heterocycles. The number of nitrogens with one attached hydrogen (secondary N) is 1. The summed E-state index contributed by atoms with van der Waals surface area (Å²) in [6.45, 7) is 6.56. The number of primary amides is 1. The summed E-state index contributed by atoms with van der Waals surface area (Å²) in [6.07, 6.45) is 1.84. The van der Waals surface area contributed by atoms with E-state index in [2.05, 4.69) is 30.1 Å². The molecule has 1 amide bonds. The Balaban J connectivity index is 2.30. The second-order valence-corrected chi connectivity index (χ2v) is 6.10. The van der Waals surface area contributed by atoms with Gasteiger partial charge in [0.1, 0.15) is 0 Å². The molecule has 1 aliphatic rings. The predicted molar refractivity (Wildman–Crippen MR) is 87.6 cm³/mol. The molecular formula is C16H24ClN3O. The number of hydrogen-bond acceptors (Lipinski definition) is 3. The van der Waals surface area contributed by atoms with Gasteiger partial charge in [-0.3, -0.25) is 4.79 Å². The van der Waals surface area contributed by atoms with E-state index in [9.17, 15) is 4.79 Å². The molecule has 4 nitrogen and oxygen atoms in total. The van der Waals surface area contributed by atoms with Gasteiger partial charge >= 0.3 is 0 Å².